The summed E-state index contributed by atoms with van der Waals surface area (Å²) >= 11 is 11.9. The third-order valence-electron chi connectivity index (χ3n) is 4.47. The fraction of sp³-hybridized carbons (Fsp3) is 0.300. The Morgan fingerprint density at radius 3 is 2.50 bits per heavy atom. The normalized spacial score (nSPS) is 14.5. The number of phenolic OH excluding ortho intramolecular Hbond substituents is 1. The lowest BCUT2D eigenvalue weighted by Crippen LogP contribution is -2.39. The van der Waals surface area contributed by atoms with Gasteiger partial charge in [-0.2, -0.15) is 0 Å². The second-order valence-corrected chi connectivity index (χ2v) is 7.28. The molecule has 0 bridgehead atoms. The predicted octanol–water partition coefficient (Wildman–Crippen LogP) is 3.45. The third-order valence-corrected chi connectivity index (χ3v) is 5.00. The second kappa shape index (κ2) is 9.17. The minimum Gasteiger partial charge on any atom is -0.508 e. The van der Waals surface area contributed by atoms with Crippen molar-refractivity contribution in [3.8, 4) is 11.5 Å². The smallest absolute Gasteiger partial charge is 0.260 e. The molecule has 1 heterocycles. The Bertz CT molecular complexity index is 875. The molecule has 148 valence electrons. The van der Waals surface area contributed by atoms with Crippen molar-refractivity contribution in [2.45, 2.75) is 6.42 Å². The van der Waals surface area contributed by atoms with E-state index in [1.807, 2.05) is 0 Å². The fourth-order valence-electron chi connectivity index (χ4n) is 3.01. The molecular formula is C20H20Cl2N2O4. The van der Waals surface area contributed by atoms with E-state index in [1.54, 1.807) is 40.1 Å². The molecule has 2 amide bonds. The van der Waals surface area contributed by atoms with Gasteiger partial charge in [0.05, 0.1) is 5.02 Å². The van der Waals surface area contributed by atoms with Gasteiger partial charge in [-0.1, -0.05) is 29.3 Å². The zero-order chi connectivity index (χ0) is 20.1. The van der Waals surface area contributed by atoms with Gasteiger partial charge in [-0.3, -0.25) is 9.59 Å². The van der Waals surface area contributed by atoms with Gasteiger partial charge < -0.3 is 19.6 Å². The van der Waals surface area contributed by atoms with Crippen LogP contribution in [-0.4, -0.2) is 59.5 Å². The number of carbonyl (C=O) groups excluding carboxylic acids is 2. The Balaban J connectivity index is 1.55. The van der Waals surface area contributed by atoms with Crippen LogP contribution in [-0.2, 0) is 4.79 Å². The van der Waals surface area contributed by atoms with Crippen molar-refractivity contribution < 1.29 is 19.4 Å². The predicted molar refractivity (Wildman–Crippen MR) is 107 cm³/mol. The van der Waals surface area contributed by atoms with Gasteiger partial charge >= 0.3 is 0 Å². The first-order chi connectivity index (χ1) is 13.4. The first-order valence-corrected chi connectivity index (χ1v) is 9.63. The van der Waals surface area contributed by atoms with E-state index in [0.29, 0.717) is 54.0 Å². The Morgan fingerprint density at radius 1 is 1.00 bits per heavy atom. The maximum absolute atomic E-state index is 12.6. The maximum atomic E-state index is 12.6. The molecule has 0 radical (unpaired) electrons. The summed E-state index contributed by atoms with van der Waals surface area (Å²) in [7, 11) is 0. The van der Waals surface area contributed by atoms with Crippen molar-refractivity contribution in [3.63, 3.8) is 0 Å². The molecular weight excluding hydrogens is 403 g/mol. The molecule has 0 saturated carbocycles. The van der Waals surface area contributed by atoms with Crippen LogP contribution >= 0.6 is 23.2 Å². The van der Waals surface area contributed by atoms with Crippen LogP contribution in [0.4, 0.5) is 0 Å². The monoisotopic (exact) mass is 422 g/mol. The van der Waals surface area contributed by atoms with Crippen molar-refractivity contribution in [1.29, 1.82) is 0 Å². The molecule has 1 aliphatic rings. The molecule has 0 spiro atoms. The molecule has 1 saturated heterocycles. The highest BCUT2D eigenvalue weighted by Crippen LogP contribution is 2.27. The Morgan fingerprint density at radius 2 is 1.75 bits per heavy atom. The van der Waals surface area contributed by atoms with Crippen molar-refractivity contribution in [2.75, 3.05) is 32.8 Å². The minimum atomic E-state index is -0.169. The summed E-state index contributed by atoms with van der Waals surface area (Å²) in [6.07, 6.45) is 0.665. The summed E-state index contributed by atoms with van der Waals surface area (Å²) in [4.78, 5) is 28.5. The van der Waals surface area contributed by atoms with Crippen molar-refractivity contribution in [3.05, 3.63) is 58.1 Å². The van der Waals surface area contributed by atoms with Crippen LogP contribution in [0.3, 0.4) is 0 Å². The standard InChI is InChI=1S/C20H20Cl2N2O4/c21-15-5-6-18(17(22)12-15)28-13-19(26)23-7-2-8-24(10-9-23)20(27)14-3-1-4-16(25)11-14/h1,3-6,11-12,25H,2,7-10,13H2. The highest BCUT2D eigenvalue weighted by molar-refractivity contribution is 6.35. The summed E-state index contributed by atoms with van der Waals surface area (Å²) in [5.74, 6) is 0.123. The zero-order valence-corrected chi connectivity index (χ0v) is 16.6. The van der Waals surface area contributed by atoms with E-state index in [-0.39, 0.29) is 24.2 Å². The van der Waals surface area contributed by atoms with E-state index in [4.69, 9.17) is 27.9 Å². The number of carbonyl (C=O) groups is 2. The summed E-state index contributed by atoms with van der Waals surface area (Å²) in [6, 6.07) is 11.1. The Labute approximate surface area is 173 Å². The number of halogens is 2. The number of amides is 2. The van der Waals surface area contributed by atoms with Gasteiger partial charge in [0.25, 0.3) is 11.8 Å². The number of nitrogens with zero attached hydrogens (tertiary/aromatic N) is 2. The quantitative estimate of drug-likeness (QED) is 0.818. The van der Waals surface area contributed by atoms with Crippen LogP contribution < -0.4 is 4.74 Å². The topological polar surface area (TPSA) is 70.1 Å². The molecule has 2 aromatic rings. The van der Waals surface area contributed by atoms with Crippen LogP contribution in [0.1, 0.15) is 16.8 Å². The zero-order valence-electron chi connectivity index (χ0n) is 15.1. The van der Waals surface area contributed by atoms with E-state index < -0.39 is 0 Å². The highest BCUT2D eigenvalue weighted by atomic mass is 35.5. The van der Waals surface area contributed by atoms with Gasteiger partial charge in [-0.15, -0.1) is 0 Å². The Kier molecular flexibility index (Phi) is 6.65. The van der Waals surface area contributed by atoms with Crippen LogP contribution in [0.15, 0.2) is 42.5 Å². The summed E-state index contributed by atoms with van der Waals surface area (Å²) in [5, 5.41) is 10.4. The number of hydrogen-bond donors (Lipinski definition) is 1. The van der Waals surface area contributed by atoms with Crippen molar-refractivity contribution in [2.24, 2.45) is 0 Å². The molecule has 1 N–H and O–H groups in total. The first kappa shape index (κ1) is 20.3. The third kappa shape index (κ3) is 5.09. The van der Waals surface area contributed by atoms with E-state index >= 15 is 0 Å². The average molecular weight is 423 g/mol. The fourth-order valence-corrected chi connectivity index (χ4v) is 3.48. The number of aromatic hydroxyl groups is 1. The molecule has 8 heteroatoms. The summed E-state index contributed by atoms with van der Waals surface area (Å²) in [5.41, 5.74) is 0.431. The molecule has 2 aromatic carbocycles. The lowest BCUT2D eigenvalue weighted by Gasteiger charge is -2.22. The lowest BCUT2D eigenvalue weighted by atomic mass is 10.2. The average Bonchev–Trinajstić information content (AvgIpc) is 2.93. The van der Waals surface area contributed by atoms with Gasteiger partial charge in [-0.25, -0.2) is 0 Å². The molecule has 0 atom stereocenters. The minimum absolute atomic E-state index is 0.0514. The van der Waals surface area contributed by atoms with Crippen LogP contribution in [0.2, 0.25) is 10.0 Å². The first-order valence-electron chi connectivity index (χ1n) is 8.88. The largest absolute Gasteiger partial charge is 0.508 e. The van der Waals surface area contributed by atoms with Gasteiger partial charge in [0.1, 0.15) is 11.5 Å². The van der Waals surface area contributed by atoms with Gasteiger partial charge in [0, 0.05) is 36.8 Å². The number of phenols is 1. The summed E-state index contributed by atoms with van der Waals surface area (Å²) < 4.78 is 5.51. The van der Waals surface area contributed by atoms with Crippen LogP contribution in [0, 0.1) is 0 Å². The molecule has 1 fully saturated rings. The number of ether oxygens (including phenoxy) is 1. The molecule has 1 aliphatic heterocycles. The van der Waals surface area contributed by atoms with Crippen molar-refractivity contribution in [1.82, 2.24) is 9.80 Å². The molecule has 0 aromatic heterocycles. The number of benzene rings is 2. The van der Waals surface area contributed by atoms with Crippen LogP contribution in [0.5, 0.6) is 11.5 Å². The van der Waals surface area contributed by atoms with Crippen molar-refractivity contribution >= 4 is 35.0 Å². The van der Waals surface area contributed by atoms with E-state index in [9.17, 15) is 14.7 Å². The Hall–Kier alpha value is -2.44. The number of rotatable bonds is 4. The van der Waals surface area contributed by atoms with Gasteiger partial charge in [0.15, 0.2) is 6.61 Å². The molecule has 6 nitrogen and oxygen atoms in total. The highest BCUT2D eigenvalue weighted by Gasteiger charge is 2.23. The molecule has 0 unspecified atom stereocenters. The van der Waals surface area contributed by atoms with Gasteiger partial charge in [0.2, 0.25) is 0 Å². The van der Waals surface area contributed by atoms with E-state index in [2.05, 4.69) is 0 Å². The number of hydrogen-bond acceptors (Lipinski definition) is 4. The second-order valence-electron chi connectivity index (χ2n) is 6.44. The molecule has 0 aliphatic carbocycles. The molecule has 3 rings (SSSR count). The SMILES string of the molecule is O=C(COc1ccc(Cl)cc1Cl)N1CCCN(C(=O)c2cccc(O)c2)CC1. The van der Waals surface area contributed by atoms with E-state index in [1.165, 1.54) is 12.1 Å². The lowest BCUT2D eigenvalue weighted by molar-refractivity contribution is -0.133. The van der Waals surface area contributed by atoms with Crippen LogP contribution in [0.25, 0.3) is 0 Å². The maximum Gasteiger partial charge on any atom is 0.260 e. The van der Waals surface area contributed by atoms with Gasteiger partial charge in [-0.05, 0) is 42.8 Å². The summed E-state index contributed by atoms with van der Waals surface area (Å²) in [6.45, 7) is 1.79. The van der Waals surface area contributed by atoms with E-state index in [0.717, 1.165) is 0 Å². The molecule has 28 heavy (non-hydrogen) atoms.